The summed E-state index contributed by atoms with van der Waals surface area (Å²) in [6, 6.07) is 16.4. The summed E-state index contributed by atoms with van der Waals surface area (Å²) in [7, 11) is 0. The Morgan fingerprint density at radius 3 is 2.62 bits per heavy atom. The van der Waals surface area contributed by atoms with Crippen molar-refractivity contribution in [1.29, 1.82) is 0 Å². The van der Waals surface area contributed by atoms with Crippen LogP contribution >= 0.6 is 11.6 Å². The third-order valence-electron chi connectivity index (χ3n) is 3.14. The third-order valence-corrected chi connectivity index (χ3v) is 3.39. The highest BCUT2D eigenvalue weighted by Crippen LogP contribution is 2.17. The van der Waals surface area contributed by atoms with Crippen LogP contribution in [-0.2, 0) is 11.3 Å². The van der Waals surface area contributed by atoms with Crippen LogP contribution in [0.2, 0.25) is 5.02 Å². The van der Waals surface area contributed by atoms with E-state index in [1.54, 1.807) is 24.4 Å². The van der Waals surface area contributed by atoms with Gasteiger partial charge in [-0.1, -0.05) is 41.9 Å². The summed E-state index contributed by atoms with van der Waals surface area (Å²) in [6.45, 7) is 0.208. The van der Waals surface area contributed by atoms with Crippen molar-refractivity contribution in [3.63, 3.8) is 0 Å². The number of fused-ring (bicyclic) bond motifs is 1. The zero-order chi connectivity index (χ0) is 14.7. The standard InChI is InChI=1S/C17H12ClNO2/c18-14-8-6-12(7-9-14)11-21-17(20)15-5-1-3-13-4-2-10-19-16(13)15/h1-10H,11H2. The van der Waals surface area contributed by atoms with E-state index in [1.807, 2.05) is 36.4 Å². The van der Waals surface area contributed by atoms with Crippen molar-refractivity contribution < 1.29 is 9.53 Å². The van der Waals surface area contributed by atoms with Crippen LogP contribution in [0.25, 0.3) is 10.9 Å². The molecule has 0 spiro atoms. The molecular formula is C17H12ClNO2. The second-order valence-corrected chi connectivity index (χ2v) is 5.02. The number of para-hydroxylation sites is 1. The maximum absolute atomic E-state index is 12.2. The molecule has 0 saturated carbocycles. The molecule has 0 amide bonds. The van der Waals surface area contributed by atoms with Crippen molar-refractivity contribution in [2.75, 3.05) is 0 Å². The normalized spacial score (nSPS) is 10.5. The molecule has 21 heavy (non-hydrogen) atoms. The van der Waals surface area contributed by atoms with Gasteiger partial charge in [0.1, 0.15) is 6.61 Å². The number of benzene rings is 2. The molecule has 0 atom stereocenters. The summed E-state index contributed by atoms with van der Waals surface area (Å²) in [6.07, 6.45) is 1.66. The van der Waals surface area contributed by atoms with Crippen LogP contribution in [0.1, 0.15) is 15.9 Å². The third kappa shape index (κ3) is 3.03. The van der Waals surface area contributed by atoms with E-state index < -0.39 is 0 Å². The zero-order valence-electron chi connectivity index (χ0n) is 11.1. The topological polar surface area (TPSA) is 39.2 Å². The molecule has 3 rings (SSSR count). The molecule has 0 aliphatic carbocycles. The smallest absolute Gasteiger partial charge is 0.340 e. The van der Waals surface area contributed by atoms with Crippen molar-refractivity contribution >= 4 is 28.5 Å². The van der Waals surface area contributed by atoms with Gasteiger partial charge < -0.3 is 4.74 Å². The maximum atomic E-state index is 12.2. The summed E-state index contributed by atoms with van der Waals surface area (Å²) in [5.74, 6) is -0.380. The van der Waals surface area contributed by atoms with Crippen LogP contribution in [0.3, 0.4) is 0 Å². The predicted molar refractivity (Wildman–Crippen MR) is 82.3 cm³/mol. The van der Waals surface area contributed by atoms with Gasteiger partial charge in [0, 0.05) is 16.6 Å². The van der Waals surface area contributed by atoms with Gasteiger partial charge >= 0.3 is 5.97 Å². The molecule has 0 saturated heterocycles. The predicted octanol–water partition coefficient (Wildman–Crippen LogP) is 4.25. The number of nitrogens with zero attached hydrogens (tertiary/aromatic N) is 1. The molecule has 4 heteroatoms. The number of hydrogen-bond donors (Lipinski definition) is 0. The highest BCUT2D eigenvalue weighted by molar-refractivity contribution is 6.30. The van der Waals surface area contributed by atoms with Crippen molar-refractivity contribution in [2.24, 2.45) is 0 Å². The van der Waals surface area contributed by atoms with Gasteiger partial charge in [-0.25, -0.2) is 4.79 Å². The maximum Gasteiger partial charge on any atom is 0.340 e. The van der Waals surface area contributed by atoms with E-state index in [0.717, 1.165) is 10.9 Å². The lowest BCUT2D eigenvalue weighted by molar-refractivity contribution is 0.0475. The average Bonchev–Trinajstić information content (AvgIpc) is 2.53. The molecule has 3 nitrogen and oxygen atoms in total. The molecule has 0 bridgehead atoms. The van der Waals surface area contributed by atoms with Crippen molar-refractivity contribution in [3.05, 3.63) is 76.9 Å². The first-order valence-corrected chi connectivity index (χ1v) is 6.87. The zero-order valence-corrected chi connectivity index (χ0v) is 11.9. The summed E-state index contributed by atoms with van der Waals surface area (Å²) >= 11 is 5.82. The molecular weight excluding hydrogens is 286 g/mol. The fraction of sp³-hybridized carbons (Fsp3) is 0.0588. The average molecular weight is 298 g/mol. The fourth-order valence-electron chi connectivity index (χ4n) is 2.08. The van der Waals surface area contributed by atoms with E-state index in [4.69, 9.17) is 16.3 Å². The summed E-state index contributed by atoms with van der Waals surface area (Å²) in [5.41, 5.74) is 2.02. The van der Waals surface area contributed by atoms with Gasteiger partial charge in [0.05, 0.1) is 11.1 Å². The number of ether oxygens (including phenoxy) is 1. The summed E-state index contributed by atoms with van der Waals surface area (Å²) in [4.78, 5) is 16.5. The molecule has 1 heterocycles. The Labute approximate surface area is 127 Å². The lowest BCUT2D eigenvalue weighted by atomic mass is 10.1. The van der Waals surface area contributed by atoms with Gasteiger partial charge in [0.15, 0.2) is 0 Å². The molecule has 2 aromatic carbocycles. The van der Waals surface area contributed by atoms with Gasteiger partial charge in [0.25, 0.3) is 0 Å². The minimum atomic E-state index is -0.380. The molecule has 0 radical (unpaired) electrons. The van der Waals surface area contributed by atoms with Gasteiger partial charge in [-0.2, -0.15) is 0 Å². The second kappa shape index (κ2) is 5.94. The SMILES string of the molecule is O=C(OCc1ccc(Cl)cc1)c1cccc2cccnc12. The fourth-order valence-corrected chi connectivity index (χ4v) is 2.20. The molecule has 0 unspecified atom stereocenters. The van der Waals surface area contributed by atoms with Gasteiger partial charge in [-0.3, -0.25) is 4.98 Å². The largest absolute Gasteiger partial charge is 0.457 e. The number of rotatable bonds is 3. The minimum Gasteiger partial charge on any atom is -0.457 e. The summed E-state index contributed by atoms with van der Waals surface area (Å²) in [5, 5.41) is 1.57. The van der Waals surface area contributed by atoms with E-state index in [-0.39, 0.29) is 12.6 Å². The lowest BCUT2D eigenvalue weighted by Crippen LogP contribution is -2.06. The Balaban J connectivity index is 1.79. The van der Waals surface area contributed by atoms with Gasteiger partial charge in [-0.05, 0) is 29.8 Å². The van der Waals surface area contributed by atoms with E-state index in [1.165, 1.54) is 0 Å². The summed E-state index contributed by atoms with van der Waals surface area (Å²) < 4.78 is 5.34. The van der Waals surface area contributed by atoms with Crippen molar-refractivity contribution in [1.82, 2.24) is 4.98 Å². The molecule has 0 N–H and O–H groups in total. The Kier molecular flexibility index (Phi) is 3.84. The van der Waals surface area contributed by atoms with E-state index in [9.17, 15) is 4.79 Å². The molecule has 1 aromatic heterocycles. The van der Waals surface area contributed by atoms with Crippen LogP contribution in [0.15, 0.2) is 60.8 Å². The molecule has 3 aromatic rings. The first kappa shape index (κ1) is 13.6. The second-order valence-electron chi connectivity index (χ2n) is 4.58. The molecule has 0 fully saturated rings. The van der Waals surface area contributed by atoms with Crippen molar-refractivity contribution in [3.8, 4) is 0 Å². The highest BCUT2D eigenvalue weighted by atomic mass is 35.5. The monoisotopic (exact) mass is 297 g/mol. The van der Waals surface area contributed by atoms with E-state index >= 15 is 0 Å². The quantitative estimate of drug-likeness (QED) is 0.679. The van der Waals surface area contributed by atoms with E-state index in [0.29, 0.717) is 16.1 Å². The van der Waals surface area contributed by atoms with Crippen LogP contribution in [0.5, 0.6) is 0 Å². The van der Waals surface area contributed by atoms with Gasteiger partial charge in [-0.15, -0.1) is 0 Å². The van der Waals surface area contributed by atoms with Crippen LogP contribution < -0.4 is 0 Å². The molecule has 104 valence electrons. The van der Waals surface area contributed by atoms with Crippen LogP contribution in [-0.4, -0.2) is 11.0 Å². The Bertz CT molecular complexity index is 779. The highest BCUT2D eigenvalue weighted by Gasteiger charge is 2.12. The number of aromatic nitrogens is 1. The Hall–Kier alpha value is -2.39. The van der Waals surface area contributed by atoms with Crippen molar-refractivity contribution in [2.45, 2.75) is 6.61 Å². The van der Waals surface area contributed by atoms with Crippen LogP contribution in [0.4, 0.5) is 0 Å². The lowest BCUT2D eigenvalue weighted by Gasteiger charge is -2.07. The minimum absolute atomic E-state index is 0.208. The number of pyridine rings is 1. The number of esters is 1. The Morgan fingerprint density at radius 2 is 1.81 bits per heavy atom. The van der Waals surface area contributed by atoms with E-state index in [2.05, 4.69) is 4.98 Å². The number of carbonyl (C=O) groups is 1. The van der Waals surface area contributed by atoms with Gasteiger partial charge in [0.2, 0.25) is 0 Å². The number of carbonyl (C=O) groups excluding carboxylic acids is 1. The molecule has 0 aliphatic heterocycles. The Morgan fingerprint density at radius 1 is 1.05 bits per heavy atom. The first-order chi connectivity index (χ1) is 10.2. The first-order valence-electron chi connectivity index (χ1n) is 6.49. The van der Waals surface area contributed by atoms with Crippen LogP contribution in [0, 0.1) is 0 Å². The molecule has 0 aliphatic rings. The number of halogens is 1. The number of hydrogen-bond acceptors (Lipinski definition) is 3.